The molecule has 3 rings (SSSR count). The molecule has 126 valence electrons. The largest absolute Gasteiger partial charge is 0.357 e. The Labute approximate surface area is 139 Å². The van der Waals surface area contributed by atoms with E-state index >= 15 is 0 Å². The molecule has 1 aliphatic heterocycles. The molecule has 0 atom stereocenters. The lowest BCUT2D eigenvalue weighted by atomic mass is 9.86. The molecule has 1 aliphatic carbocycles. The SMILES string of the molecule is Cc1nc(N2CCCC2)ccc1NC(=O)CCC1CCCCC1. The maximum atomic E-state index is 12.2. The predicted octanol–water partition coefficient (Wildman–Crippen LogP) is 4.29. The Bertz CT molecular complexity index is 531. The lowest BCUT2D eigenvalue weighted by molar-refractivity contribution is -0.116. The molecule has 1 saturated heterocycles. The quantitative estimate of drug-likeness (QED) is 0.881. The number of carbonyl (C=O) groups excluding carboxylic acids is 1. The lowest BCUT2D eigenvalue weighted by Crippen LogP contribution is -2.20. The summed E-state index contributed by atoms with van der Waals surface area (Å²) in [6.45, 7) is 4.18. The molecular weight excluding hydrogens is 286 g/mol. The minimum absolute atomic E-state index is 0.134. The zero-order valence-electron chi connectivity index (χ0n) is 14.3. The Kier molecular flexibility index (Phi) is 5.52. The second-order valence-corrected chi connectivity index (χ2v) is 7.09. The van der Waals surface area contributed by atoms with Crippen molar-refractivity contribution in [2.45, 2.75) is 64.7 Å². The Hall–Kier alpha value is -1.58. The average Bonchev–Trinajstić information content (AvgIpc) is 3.10. The lowest BCUT2D eigenvalue weighted by Gasteiger charge is -2.21. The van der Waals surface area contributed by atoms with Crippen molar-refractivity contribution < 1.29 is 4.79 Å². The minimum atomic E-state index is 0.134. The van der Waals surface area contributed by atoms with Crippen LogP contribution in [-0.2, 0) is 4.79 Å². The number of aryl methyl sites for hydroxylation is 1. The molecule has 23 heavy (non-hydrogen) atoms. The fourth-order valence-electron chi connectivity index (χ4n) is 3.83. The van der Waals surface area contributed by atoms with Gasteiger partial charge in [0.2, 0.25) is 5.91 Å². The first-order valence-corrected chi connectivity index (χ1v) is 9.25. The molecule has 1 N–H and O–H groups in total. The van der Waals surface area contributed by atoms with Crippen LogP contribution in [0.15, 0.2) is 12.1 Å². The molecular formula is C19H29N3O. The van der Waals surface area contributed by atoms with Gasteiger partial charge < -0.3 is 10.2 Å². The number of nitrogens with zero attached hydrogens (tertiary/aromatic N) is 2. The Morgan fingerprint density at radius 1 is 1.17 bits per heavy atom. The third kappa shape index (κ3) is 4.46. The van der Waals surface area contributed by atoms with Crippen molar-refractivity contribution in [3.05, 3.63) is 17.8 Å². The first-order valence-electron chi connectivity index (χ1n) is 9.25. The highest BCUT2D eigenvalue weighted by atomic mass is 16.1. The van der Waals surface area contributed by atoms with Crippen molar-refractivity contribution in [1.29, 1.82) is 0 Å². The van der Waals surface area contributed by atoms with E-state index in [2.05, 4.69) is 15.2 Å². The molecule has 4 nitrogen and oxygen atoms in total. The summed E-state index contributed by atoms with van der Waals surface area (Å²) in [5, 5.41) is 3.05. The summed E-state index contributed by atoms with van der Waals surface area (Å²) < 4.78 is 0. The fraction of sp³-hybridized carbons (Fsp3) is 0.684. The molecule has 0 spiro atoms. The third-order valence-corrected chi connectivity index (χ3v) is 5.28. The Morgan fingerprint density at radius 3 is 2.61 bits per heavy atom. The standard InChI is InChI=1S/C19H29N3O/c1-15-17(10-11-18(20-15)22-13-5-6-14-22)21-19(23)12-9-16-7-3-2-4-8-16/h10-11,16H,2-9,12-14H2,1H3,(H,21,23). The Balaban J connectivity index is 1.51. The van der Waals surface area contributed by atoms with Gasteiger partial charge in [0.25, 0.3) is 0 Å². The number of aromatic nitrogens is 1. The highest BCUT2D eigenvalue weighted by Crippen LogP contribution is 2.27. The van der Waals surface area contributed by atoms with E-state index in [-0.39, 0.29) is 5.91 Å². The number of amides is 1. The van der Waals surface area contributed by atoms with Crippen LogP contribution in [0.25, 0.3) is 0 Å². The van der Waals surface area contributed by atoms with E-state index in [4.69, 9.17) is 0 Å². The molecule has 1 amide bonds. The minimum Gasteiger partial charge on any atom is -0.357 e. The molecule has 1 aromatic heterocycles. The van der Waals surface area contributed by atoms with E-state index in [9.17, 15) is 4.79 Å². The first kappa shape index (κ1) is 16.3. The molecule has 0 unspecified atom stereocenters. The fourth-order valence-corrected chi connectivity index (χ4v) is 3.83. The highest BCUT2D eigenvalue weighted by molar-refractivity contribution is 5.91. The molecule has 2 aliphatic rings. The summed E-state index contributed by atoms with van der Waals surface area (Å²) in [7, 11) is 0. The van der Waals surface area contributed by atoms with Gasteiger partial charge in [0.1, 0.15) is 5.82 Å². The van der Waals surface area contributed by atoms with Crippen LogP contribution in [0.2, 0.25) is 0 Å². The van der Waals surface area contributed by atoms with Gasteiger partial charge in [-0.05, 0) is 44.2 Å². The van der Waals surface area contributed by atoms with Gasteiger partial charge in [-0.2, -0.15) is 0 Å². The highest BCUT2D eigenvalue weighted by Gasteiger charge is 2.17. The van der Waals surface area contributed by atoms with Crippen molar-refractivity contribution in [3.63, 3.8) is 0 Å². The topological polar surface area (TPSA) is 45.2 Å². The summed E-state index contributed by atoms with van der Waals surface area (Å²) in [6.07, 6.45) is 10.8. The van der Waals surface area contributed by atoms with Crippen LogP contribution in [0.1, 0.15) is 63.5 Å². The van der Waals surface area contributed by atoms with E-state index in [1.165, 1.54) is 44.9 Å². The molecule has 0 bridgehead atoms. The molecule has 0 aromatic carbocycles. The number of rotatable bonds is 5. The smallest absolute Gasteiger partial charge is 0.224 e. The van der Waals surface area contributed by atoms with Gasteiger partial charge in [-0.25, -0.2) is 4.98 Å². The van der Waals surface area contributed by atoms with Crippen molar-refractivity contribution in [3.8, 4) is 0 Å². The zero-order chi connectivity index (χ0) is 16.1. The average molecular weight is 315 g/mol. The summed E-state index contributed by atoms with van der Waals surface area (Å²) >= 11 is 0. The van der Waals surface area contributed by atoms with Gasteiger partial charge in [0.05, 0.1) is 11.4 Å². The number of hydrogen-bond acceptors (Lipinski definition) is 3. The molecule has 1 aromatic rings. The second-order valence-electron chi connectivity index (χ2n) is 7.09. The predicted molar refractivity (Wildman–Crippen MR) is 94.9 cm³/mol. The van der Waals surface area contributed by atoms with Crippen molar-refractivity contribution in [2.75, 3.05) is 23.3 Å². The summed E-state index contributed by atoms with van der Waals surface area (Å²) in [4.78, 5) is 19.2. The van der Waals surface area contributed by atoms with Crippen LogP contribution >= 0.6 is 0 Å². The molecule has 0 radical (unpaired) electrons. The first-order chi connectivity index (χ1) is 11.2. The van der Waals surface area contributed by atoms with Crippen LogP contribution in [0.4, 0.5) is 11.5 Å². The number of pyridine rings is 1. The molecule has 2 fully saturated rings. The number of carbonyl (C=O) groups is 1. The third-order valence-electron chi connectivity index (χ3n) is 5.28. The number of anilines is 2. The molecule has 1 saturated carbocycles. The number of hydrogen-bond donors (Lipinski definition) is 1. The second kappa shape index (κ2) is 7.80. The van der Waals surface area contributed by atoms with E-state index in [0.717, 1.165) is 42.6 Å². The van der Waals surface area contributed by atoms with Gasteiger partial charge in [-0.1, -0.05) is 32.1 Å². The summed E-state index contributed by atoms with van der Waals surface area (Å²) in [6, 6.07) is 4.05. The normalized spacial score (nSPS) is 19.1. The van der Waals surface area contributed by atoms with Gasteiger partial charge in [-0.3, -0.25) is 4.79 Å². The monoisotopic (exact) mass is 315 g/mol. The van der Waals surface area contributed by atoms with Crippen molar-refractivity contribution in [1.82, 2.24) is 4.98 Å². The van der Waals surface area contributed by atoms with Gasteiger partial charge in [0, 0.05) is 19.5 Å². The van der Waals surface area contributed by atoms with Crippen LogP contribution in [-0.4, -0.2) is 24.0 Å². The molecule has 4 heteroatoms. The zero-order valence-corrected chi connectivity index (χ0v) is 14.3. The molecule has 2 heterocycles. The van der Waals surface area contributed by atoms with E-state index in [1.807, 2.05) is 19.1 Å². The van der Waals surface area contributed by atoms with Crippen LogP contribution < -0.4 is 10.2 Å². The number of nitrogens with one attached hydrogen (secondary N) is 1. The maximum Gasteiger partial charge on any atom is 0.224 e. The van der Waals surface area contributed by atoms with E-state index in [0.29, 0.717) is 6.42 Å². The van der Waals surface area contributed by atoms with Gasteiger partial charge >= 0.3 is 0 Å². The van der Waals surface area contributed by atoms with Crippen LogP contribution in [0, 0.1) is 12.8 Å². The summed E-state index contributed by atoms with van der Waals surface area (Å²) in [5.74, 6) is 1.93. The van der Waals surface area contributed by atoms with Gasteiger partial charge in [0.15, 0.2) is 0 Å². The van der Waals surface area contributed by atoms with E-state index in [1.54, 1.807) is 0 Å². The van der Waals surface area contributed by atoms with Crippen LogP contribution in [0.5, 0.6) is 0 Å². The Morgan fingerprint density at radius 2 is 1.91 bits per heavy atom. The van der Waals surface area contributed by atoms with Crippen molar-refractivity contribution >= 4 is 17.4 Å². The van der Waals surface area contributed by atoms with Crippen molar-refractivity contribution in [2.24, 2.45) is 5.92 Å². The van der Waals surface area contributed by atoms with Gasteiger partial charge in [-0.15, -0.1) is 0 Å². The van der Waals surface area contributed by atoms with Crippen LogP contribution in [0.3, 0.4) is 0 Å². The summed E-state index contributed by atoms with van der Waals surface area (Å²) in [5.41, 5.74) is 1.78. The van der Waals surface area contributed by atoms with E-state index < -0.39 is 0 Å². The maximum absolute atomic E-state index is 12.2.